The van der Waals surface area contributed by atoms with E-state index in [4.69, 9.17) is 9.15 Å². The number of fused-ring (bicyclic) bond motifs is 1. The zero-order chi connectivity index (χ0) is 25.2. The van der Waals surface area contributed by atoms with Crippen LogP contribution >= 0.6 is 0 Å². The Kier molecular flexibility index (Phi) is 6.07. The third-order valence-electron chi connectivity index (χ3n) is 6.13. The van der Waals surface area contributed by atoms with E-state index in [2.05, 4.69) is 0 Å². The smallest absolute Gasteiger partial charge is 0.338 e. The van der Waals surface area contributed by atoms with Crippen LogP contribution in [0.1, 0.15) is 41.6 Å². The summed E-state index contributed by atoms with van der Waals surface area (Å²) in [5, 5.41) is 0. The van der Waals surface area contributed by atoms with Gasteiger partial charge in [0.15, 0.2) is 12.4 Å². The lowest BCUT2D eigenvalue weighted by atomic mass is 10.1. The molecule has 1 aromatic heterocycles. The number of hydrogen-bond donors (Lipinski definition) is 0. The molecule has 0 spiro atoms. The van der Waals surface area contributed by atoms with E-state index in [9.17, 15) is 24.0 Å². The number of benzene rings is 2. The molecule has 0 N–H and O–H groups in total. The van der Waals surface area contributed by atoms with Crippen LogP contribution in [0.2, 0.25) is 0 Å². The minimum Gasteiger partial charge on any atom is -0.459 e. The van der Waals surface area contributed by atoms with Crippen LogP contribution in [0.3, 0.4) is 0 Å². The van der Waals surface area contributed by atoms with E-state index in [1.54, 1.807) is 41.3 Å². The third kappa shape index (κ3) is 4.24. The standard InChI is InChI=1S/C26H21N3O7/c30-22(27-11-13-28(14-12-27)25(33)21-6-3-15-35-21)16-36-26(34)17-7-9-18(10-8-17)29-23(31)19-4-1-2-5-20(19)24(29)32/h1-10,15H,11-14,16H2. The Hall–Kier alpha value is -4.73. The summed E-state index contributed by atoms with van der Waals surface area (Å²) in [5.74, 6) is -1.91. The molecule has 3 heterocycles. The second-order valence-corrected chi connectivity index (χ2v) is 8.26. The third-order valence-corrected chi connectivity index (χ3v) is 6.13. The van der Waals surface area contributed by atoms with Crippen LogP contribution in [0, 0.1) is 0 Å². The predicted octanol–water partition coefficient (Wildman–Crippen LogP) is 2.22. The van der Waals surface area contributed by atoms with Crippen molar-refractivity contribution < 1.29 is 33.1 Å². The maximum atomic E-state index is 12.6. The van der Waals surface area contributed by atoms with Crippen LogP contribution in [0.15, 0.2) is 71.3 Å². The Morgan fingerprint density at radius 3 is 1.97 bits per heavy atom. The maximum Gasteiger partial charge on any atom is 0.338 e. The van der Waals surface area contributed by atoms with Crippen LogP contribution in [0.5, 0.6) is 0 Å². The molecule has 0 aliphatic carbocycles. The zero-order valence-corrected chi connectivity index (χ0v) is 19.1. The van der Waals surface area contributed by atoms with Crippen molar-refractivity contribution in [2.45, 2.75) is 0 Å². The molecule has 182 valence electrons. The van der Waals surface area contributed by atoms with Gasteiger partial charge in [0.2, 0.25) is 0 Å². The molecule has 2 aliphatic heterocycles. The van der Waals surface area contributed by atoms with Gasteiger partial charge in [0, 0.05) is 26.2 Å². The molecule has 3 aromatic rings. The molecule has 0 radical (unpaired) electrons. The van der Waals surface area contributed by atoms with E-state index >= 15 is 0 Å². The Bertz CT molecular complexity index is 1310. The molecule has 2 aromatic carbocycles. The van der Waals surface area contributed by atoms with Gasteiger partial charge in [0.05, 0.1) is 28.6 Å². The van der Waals surface area contributed by atoms with Crippen molar-refractivity contribution in [2.24, 2.45) is 0 Å². The lowest BCUT2D eigenvalue weighted by Gasteiger charge is -2.34. The highest BCUT2D eigenvalue weighted by atomic mass is 16.5. The van der Waals surface area contributed by atoms with Crippen molar-refractivity contribution in [1.82, 2.24) is 9.80 Å². The first-order chi connectivity index (χ1) is 17.4. The molecule has 5 rings (SSSR count). The normalized spacial score (nSPS) is 15.2. The molecule has 4 amide bonds. The first-order valence-corrected chi connectivity index (χ1v) is 11.3. The van der Waals surface area contributed by atoms with Gasteiger partial charge in [-0.15, -0.1) is 0 Å². The molecular weight excluding hydrogens is 466 g/mol. The number of ether oxygens (including phenoxy) is 1. The Morgan fingerprint density at radius 2 is 1.39 bits per heavy atom. The lowest BCUT2D eigenvalue weighted by Crippen LogP contribution is -2.51. The lowest BCUT2D eigenvalue weighted by molar-refractivity contribution is -0.136. The molecule has 10 nitrogen and oxygen atoms in total. The van der Waals surface area contributed by atoms with Crippen molar-refractivity contribution in [2.75, 3.05) is 37.7 Å². The summed E-state index contributed by atoms with van der Waals surface area (Å²) in [5.41, 5.74) is 1.17. The van der Waals surface area contributed by atoms with E-state index in [1.807, 2.05) is 0 Å². The number of furan rings is 1. The minimum absolute atomic E-state index is 0.178. The summed E-state index contributed by atoms with van der Waals surface area (Å²) in [6, 6.07) is 15.6. The van der Waals surface area contributed by atoms with Gasteiger partial charge < -0.3 is 19.0 Å². The highest BCUT2D eigenvalue weighted by Gasteiger charge is 2.36. The number of carbonyl (C=O) groups is 5. The summed E-state index contributed by atoms with van der Waals surface area (Å²) in [7, 11) is 0. The van der Waals surface area contributed by atoms with Gasteiger partial charge >= 0.3 is 5.97 Å². The molecule has 0 unspecified atom stereocenters. The minimum atomic E-state index is -0.705. The quantitative estimate of drug-likeness (QED) is 0.400. The number of hydrogen-bond acceptors (Lipinski definition) is 7. The number of esters is 1. The molecule has 0 saturated carbocycles. The van der Waals surface area contributed by atoms with Crippen molar-refractivity contribution in [3.63, 3.8) is 0 Å². The van der Waals surface area contributed by atoms with Crippen molar-refractivity contribution in [1.29, 1.82) is 0 Å². The van der Waals surface area contributed by atoms with E-state index < -0.39 is 24.4 Å². The van der Waals surface area contributed by atoms with Gasteiger partial charge in [-0.2, -0.15) is 0 Å². The second-order valence-electron chi connectivity index (χ2n) is 8.26. The summed E-state index contributed by atoms with van der Waals surface area (Å²) in [6.07, 6.45) is 1.43. The monoisotopic (exact) mass is 487 g/mol. The summed E-state index contributed by atoms with van der Waals surface area (Å²) in [4.78, 5) is 66.7. The first kappa shape index (κ1) is 23.0. The average Bonchev–Trinajstić information content (AvgIpc) is 3.54. The van der Waals surface area contributed by atoms with E-state index in [1.165, 1.54) is 35.4 Å². The predicted molar refractivity (Wildman–Crippen MR) is 125 cm³/mol. The van der Waals surface area contributed by atoms with Crippen LogP contribution < -0.4 is 4.90 Å². The Morgan fingerprint density at radius 1 is 0.778 bits per heavy atom. The zero-order valence-electron chi connectivity index (χ0n) is 19.1. The van der Waals surface area contributed by atoms with Gasteiger partial charge in [-0.05, 0) is 48.5 Å². The second kappa shape index (κ2) is 9.49. The Labute approximate surface area is 205 Å². The number of rotatable bonds is 5. The van der Waals surface area contributed by atoms with Gasteiger partial charge in [-0.1, -0.05) is 12.1 Å². The van der Waals surface area contributed by atoms with Crippen molar-refractivity contribution in [3.8, 4) is 0 Å². The number of imide groups is 1. The highest BCUT2D eigenvalue weighted by Crippen LogP contribution is 2.28. The fourth-order valence-electron chi connectivity index (χ4n) is 4.19. The number of carbonyl (C=O) groups excluding carboxylic acids is 5. The van der Waals surface area contributed by atoms with Crippen LogP contribution in [0.4, 0.5) is 5.69 Å². The molecule has 1 fully saturated rings. The van der Waals surface area contributed by atoms with Gasteiger partial charge in [0.1, 0.15) is 0 Å². The molecule has 36 heavy (non-hydrogen) atoms. The number of nitrogens with zero attached hydrogens (tertiary/aromatic N) is 3. The average molecular weight is 487 g/mol. The summed E-state index contributed by atoms with van der Waals surface area (Å²) in [6.45, 7) is 0.887. The van der Waals surface area contributed by atoms with Gasteiger partial charge in [0.25, 0.3) is 23.6 Å². The Balaban J connectivity index is 1.13. The van der Waals surface area contributed by atoms with Gasteiger partial charge in [-0.3, -0.25) is 19.2 Å². The first-order valence-electron chi connectivity index (χ1n) is 11.3. The fraction of sp³-hybridized carbons (Fsp3) is 0.192. The molecule has 1 saturated heterocycles. The number of piperazine rings is 1. The molecule has 2 aliphatic rings. The molecule has 0 atom stereocenters. The van der Waals surface area contributed by atoms with Crippen LogP contribution in [-0.2, 0) is 9.53 Å². The molecule has 10 heteroatoms. The van der Waals surface area contributed by atoms with Crippen molar-refractivity contribution >= 4 is 35.3 Å². The summed E-state index contributed by atoms with van der Waals surface area (Å²) >= 11 is 0. The maximum absolute atomic E-state index is 12.6. The SMILES string of the molecule is O=C(OCC(=O)N1CCN(C(=O)c2ccco2)CC1)c1ccc(N2C(=O)c3ccccc3C2=O)cc1. The largest absolute Gasteiger partial charge is 0.459 e. The summed E-state index contributed by atoms with van der Waals surface area (Å²) < 4.78 is 10.3. The van der Waals surface area contributed by atoms with E-state index in [-0.39, 0.29) is 23.1 Å². The van der Waals surface area contributed by atoms with Crippen LogP contribution in [0.25, 0.3) is 0 Å². The number of anilines is 1. The van der Waals surface area contributed by atoms with Gasteiger partial charge in [-0.25, -0.2) is 9.69 Å². The fourth-order valence-corrected chi connectivity index (χ4v) is 4.19. The highest BCUT2D eigenvalue weighted by molar-refractivity contribution is 6.34. The van der Waals surface area contributed by atoms with Crippen molar-refractivity contribution in [3.05, 3.63) is 89.4 Å². The molecule has 0 bridgehead atoms. The van der Waals surface area contributed by atoms with E-state index in [0.29, 0.717) is 43.0 Å². The van der Waals surface area contributed by atoms with E-state index in [0.717, 1.165) is 4.90 Å². The van der Waals surface area contributed by atoms with Crippen LogP contribution in [-0.4, -0.2) is 72.2 Å². The number of amides is 4. The topological polar surface area (TPSA) is 117 Å². The molecular formula is C26H21N3O7.